The van der Waals surface area contributed by atoms with Gasteiger partial charge in [0.05, 0.1) is 22.0 Å². The van der Waals surface area contributed by atoms with Crippen LogP contribution < -0.4 is 5.32 Å². The summed E-state index contributed by atoms with van der Waals surface area (Å²) in [6.07, 6.45) is 0. The lowest BCUT2D eigenvalue weighted by Crippen LogP contribution is -2.13. The molecular weight excluding hydrogens is 283 g/mol. The molecule has 98 valence electrons. The molecule has 5 heteroatoms. The number of aromatic nitrogens is 1. The molecule has 2 aromatic rings. The lowest BCUT2D eigenvalue weighted by atomic mass is 10.1. The number of nitrogens with zero attached hydrogens (tertiary/aromatic N) is 1. The van der Waals surface area contributed by atoms with Crippen LogP contribution in [0.3, 0.4) is 0 Å². The Labute approximate surface area is 121 Å². The number of anilines is 1. The monoisotopic (exact) mass is 294 g/mol. The zero-order valence-corrected chi connectivity index (χ0v) is 12.0. The third kappa shape index (κ3) is 3.25. The molecule has 0 unspecified atom stereocenters. The number of nitrogens with one attached hydrogen (secondary N) is 1. The third-order valence-electron chi connectivity index (χ3n) is 2.67. The first-order valence-corrected chi connectivity index (χ1v) is 6.43. The average molecular weight is 295 g/mol. The maximum absolute atomic E-state index is 12.1. The Balaban J connectivity index is 2.25. The minimum Gasteiger partial charge on any atom is -0.320 e. The van der Waals surface area contributed by atoms with E-state index in [9.17, 15) is 4.79 Å². The molecule has 0 aliphatic heterocycles. The fraction of sp³-hybridized carbons (Fsp3) is 0.143. The fourth-order valence-corrected chi connectivity index (χ4v) is 2.17. The highest BCUT2D eigenvalue weighted by Crippen LogP contribution is 2.21. The second-order valence-corrected chi connectivity index (χ2v) is 5.00. The zero-order chi connectivity index (χ0) is 14.0. The minimum atomic E-state index is -0.266. The highest BCUT2D eigenvalue weighted by atomic mass is 35.5. The smallest absolute Gasteiger partial charge is 0.257 e. The Hall–Kier alpha value is -1.58. The van der Waals surface area contributed by atoms with Crippen LogP contribution in [0.25, 0.3) is 0 Å². The van der Waals surface area contributed by atoms with Crippen LogP contribution in [0.1, 0.15) is 21.6 Å². The van der Waals surface area contributed by atoms with Gasteiger partial charge in [0.2, 0.25) is 0 Å². The molecule has 0 fully saturated rings. The van der Waals surface area contributed by atoms with Crippen molar-refractivity contribution in [3.8, 4) is 0 Å². The van der Waals surface area contributed by atoms with E-state index in [4.69, 9.17) is 23.2 Å². The average Bonchev–Trinajstić information content (AvgIpc) is 2.32. The number of rotatable bonds is 2. The van der Waals surface area contributed by atoms with Crippen molar-refractivity contribution in [3.05, 3.63) is 57.3 Å². The third-order valence-corrected chi connectivity index (χ3v) is 3.19. The van der Waals surface area contributed by atoms with Crippen LogP contribution in [0.5, 0.6) is 0 Å². The molecule has 19 heavy (non-hydrogen) atoms. The van der Waals surface area contributed by atoms with Crippen LogP contribution in [-0.4, -0.2) is 10.9 Å². The Morgan fingerprint density at radius 1 is 1.16 bits per heavy atom. The SMILES string of the molecule is Cc1ccc(C(=O)Nc2ccc(Cl)nc2C)c(Cl)c1. The summed E-state index contributed by atoms with van der Waals surface area (Å²) >= 11 is 11.8. The molecule has 1 N–H and O–H groups in total. The summed E-state index contributed by atoms with van der Waals surface area (Å²) in [6.45, 7) is 3.69. The van der Waals surface area contributed by atoms with Crippen molar-refractivity contribution in [2.75, 3.05) is 5.32 Å². The normalized spacial score (nSPS) is 10.3. The number of amides is 1. The standard InChI is InChI=1S/C14H12Cl2N2O/c1-8-3-4-10(11(15)7-8)14(19)18-12-5-6-13(16)17-9(12)2/h3-7H,1-2H3,(H,18,19). The number of hydrogen-bond acceptors (Lipinski definition) is 2. The molecule has 3 nitrogen and oxygen atoms in total. The van der Waals surface area contributed by atoms with Crippen LogP contribution in [-0.2, 0) is 0 Å². The van der Waals surface area contributed by atoms with Crippen LogP contribution in [0.15, 0.2) is 30.3 Å². The van der Waals surface area contributed by atoms with E-state index in [1.165, 1.54) is 0 Å². The summed E-state index contributed by atoms with van der Waals surface area (Å²) < 4.78 is 0. The maximum Gasteiger partial charge on any atom is 0.257 e. The lowest BCUT2D eigenvalue weighted by Gasteiger charge is -2.09. The molecule has 0 bridgehead atoms. The number of aryl methyl sites for hydroxylation is 2. The Bertz CT molecular complexity index is 641. The first kappa shape index (κ1) is 13.8. The van der Waals surface area contributed by atoms with Crippen molar-refractivity contribution >= 4 is 34.8 Å². The molecule has 1 amide bonds. The van der Waals surface area contributed by atoms with E-state index in [1.807, 2.05) is 13.0 Å². The largest absolute Gasteiger partial charge is 0.320 e. The van der Waals surface area contributed by atoms with E-state index in [0.29, 0.717) is 27.1 Å². The Kier molecular flexibility index (Phi) is 4.08. The number of hydrogen-bond donors (Lipinski definition) is 1. The van der Waals surface area contributed by atoms with Crippen molar-refractivity contribution in [2.45, 2.75) is 13.8 Å². The van der Waals surface area contributed by atoms with Crippen molar-refractivity contribution in [1.82, 2.24) is 4.98 Å². The van der Waals surface area contributed by atoms with E-state index in [1.54, 1.807) is 31.2 Å². The molecule has 0 spiro atoms. The fourth-order valence-electron chi connectivity index (χ4n) is 1.66. The van der Waals surface area contributed by atoms with Crippen molar-refractivity contribution in [3.63, 3.8) is 0 Å². The molecule has 1 heterocycles. The number of halogens is 2. The van der Waals surface area contributed by atoms with E-state index in [-0.39, 0.29) is 5.91 Å². The topological polar surface area (TPSA) is 42.0 Å². The molecule has 1 aromatic carbocycles. The molecule has 0 radical (unpaired) electrons. The second-order valence-electron chi connectivity index (χ2n) is 4.20. The Morgan fingerprint density at radius 2 is 1.89 bits per heavy atom. The number of pyridine rings is 1. The highest BCUT2D eigenvalue weighted by Gasteiger charge is 2.12. The number of benzene rings is 1. The van der Waals surface area contributed by atoms with Crippen LogP contribution in [0.2, 0.25) is 10.2 Å². The number of carbonyl (C=O) groups is 1. The van der Waals surface area contributed by atoms with Gasteiger partial charge in [-0.1, -0.05) is 29.3 Å². The molecule has 0 aliphatic carbocycles. The summed E-state index contributed by atoms with van der Waals surface area (Å²) in [5, 5.41) is 3.59. The van der Waals surface area contributed by atoms with Gasteiger partial charge in [0.1, 0.15) is 5.15 Å². The highest BCUT2D eigenvalue weighted by molar-refractivity contribution is 6.34. The molecule has 0 saturated heterocycles. The van der Waals surface area contributed by atoms with E-state index < -0.39 is 0 Å². The van der Waals surface area contributed by atoms with E-state index in [0.717, 1.165) is 5.56 Å². The minimum absolute atomic E-state index is 0.266. The van der Waals surface area contributed by atoms with Gasteiger partial charge in [-0.05, 0) is 43.7 Å². The van der Waals surface area contributed by atoms with Gasteiger partial charge in [-0.25, -0.2) is 4.98 Å². The van der Waals surface area contributed by atoms with Gasteiger partial charge in [-0.3, -0.25) is 4.79 Å². The van der Waals surface area contributed by atoms with E-state index in [2.05, 4.69) is 10.3 Å². The molecule has 2 rings (SSSR count). The molecule has 0 atom stereocenters. The molecule has 1 aromatic heterocycles. The van der Waals surface area contributed by atoms with Crippen LogP contribution in [0, 0.1) is 13.8 Å². The first-order valence-electron chi connectivity index (χ1n) is 5.68. The summed E-state index contributed by atoms with van der Waals surface area (Å²) in [5.74, 6) is -0.266. The van der Waals surface area contributed by atoms with Crippen molar-refractivity contribution in [1.29, 1.82) is 0 Å². The second kappa shape index (κ2) is 5.59. The molecular formula is C14H12Cl2N2O. The van der Waals surface area contributed by atoms with Crippen LogP contribution >= 0.6 is 23.2 Å². The van der Waals surface area contributed by atoms with Crippen LogP contribution in [0.4, 0.5) is 5.69 Å². The van der Waals surface area contributed by atoms with Gasteiger partial charge >= 0.3 is 0 Å². The predicted octanol–water partition coefficient (Wildman–Crippen LogP) is 4.26. The Morgan fingerprint density at radius 3 is 2.53 bits per heavy atom. The zero-order valence-electron chi connectivity index (χ0n) is 10.5. The molecule has 0 saturated carbocycles. The van der Waals surface area contributed by atoms with Crippen molar-refractivity contribution in [2.24, 2.45) is 0 Å². The molecule has 0 aliphatic rings. The van der Waals surface area contributed by atoms with Gasteiger partial charge in [-0.15, -0.1) is 0 Å². The number of carbonyl (C=O) groups excluding carboxylic acids is 1. The summed E-state index contributed by atoms with van der Waals surface area (Å²) in [6, 6.07) is 8.63. The van der Waals surface area contributed by atoms with Gasteiger partial charge in [0.15, 0.2) is 0 Å². The summed E-state index contributed by atoms with van der Waals surface area (Å²) in [5.41, 5.74) is 2.71. The van der Waals surface area contributed by atoms with Crippen molar-refractivity contribution < 1.29 is 4.79 Å². The summed E-state index contributed by atoms with van der Waals surface area (Å²) in [4.78, 5) is 16.2. The van der Waals surface area contributed by atoms with Gasteiger partial charge in [-0.2, -0.15) is 0 Å². The lowest BCUT2D eigenvalue weighted by molar-refractivity contribution is 0.102. The van der Waals surface area contributed by atoms with Gasteiger partial charge in [0, 0.05) is 0 Å². The van der Waals surface area contributed by atoms with Gasteiger partial charge in [0.25, 0.3) is 5.91 Å². The maximum atomic E-state index is 12.1. The van der Waals surface area contributed by atoms with Gasteiger partial charge < -0.3 is 5.32 Å². The first-order chi connectivity index (χ1) is 8.97. The summed E-state index contributed by atoms with van der Waals surface area (Å²) in [7, 11) is 0. The van der Waals surface area contributed by atoms with E-state index >= 15 is 0 Å². The predicted molar refractivity (Wildman–Crippen MR) is 78.1 cm³/mol. The quantitative estimate of drug-likeness (QED) is 0.841.